The highest BCUT2D eigenvalue weighted by molar-refractivity contribution is 5.86. The van der Waals surface area contributed by atoms with Crippen LogP contribution in [0.2, 0.25) is 0 Å². The highest BCUT2D eigenvalue weighted by Gasteiger charge is 2.02. The number of esters is 1. The van der Waals surface area contributed by atoms with E-state index >= 15 is 0 Å². The number of carbonyl (C=O) groups is 2. The summed E-state index contributed by atoms with van der Waals surface area (Å²) in [7, 11) is 0. The standard InChI is InChI=1S/C20H38O2.C18H36O2/c1-4-5-6-7-8-9-10-11-12-13-14-15-16-17-18-22-20(21)19(2)3;1-2-3-4-5-6-7-8-9-10-11-12-13-14-15-16-17-18(19)20/h2,4-18H2,1,3H3;2-17H2,1H3,(H,19,20). The highest BCUT2D eigenvalue weighted by atomic mass is 16.5. The van der Waals surface area contributed by atoms with Crippen LogP contribution in [0.4, 0.5) is 0 Å². The quantitative estimate of drug-likeness (QED) is 0.0478. The monoisotopic (exact) mass is 595 g/mol. The molecule has 0 aromatic carbocycles. The van der Waals surface area contributed by atoms with E-state index < -0.39 is 5.97 Å². The van der Waals surface area contributed by atoms with Gasteiger partial charge in [-0.1, -0.05) is 194 Å². The molecule has 0 saturated carbocycles. The number of aliphatic carboxylic acids is 1. The van der Waals surface area contributed by atoms with Gasteiger partial charge in [-0.25, -0.2) is 4.79 Å². The van der Waals surface area contributed by atoms with E-state index in [9.17, 15) is 9.59 Å². The molecule has 0 rings (SSSR count). The van der Waals surface area contributed by atoms with Gasteiger partial charge in [-0.3, -0.25) is 4.79 Å². The van der Waals surface area contributed by atoms with Crippen molar-refractivity contribution in [3.63, 3.8) is 0 Å². The van der Waals surface area contributed by atoms with Gasteiger partial charge in [0.25, 0.3) is 0 Å². The summed E-state index contributed by atoms with van der Waals surface area (Å²) in [5.41, 5.74) is 0.491. The second kappa shape index (κ2) is 37.7. The Morgan fingerprint density at radius 2 is 0.738 bits per heavy atom. The molecule has 0 amide bonds. The fraction of sp³-hybridized carbons (Fsp3) is 0.895. The molecule has 0 saturated heterocycles. The van der Waals surface area contributed by atoms with E-state index in [4.69, 9.17) is 9.84 Å². The zero-order valence-electron chi connectivity index (χ0n) is 28.8. The van der Waals surface area contributed by atoms with E-state index in [-0.39, 0.29) is 5.97 Å². The lowest BCUT2D eigenvalue weighted by atomic mass is 10.0. The lowest BCUT2D eigenvalue weighted by molar-refractivity contribution is -0.139. The highest BCUT2D eigenvalue weighted by Crippen LogP contribution is 2.14. The smallest absolute Gasteiger partial charge is 0.333 e. The van der Waals surface area contributed by atoms with Crippen LogP contribution in [0, 0.1) is 0 Å². The first-order valence-corrected chi connectivity index (χ1v) is 18.5. The Labute approximate surface area is 263 Å². The van der Waals surface area contributed by atoms with Crippen LogP contribution in [0.5, 0.6) is 0 Å². The Balaban J connectivity index is 0. The average Bonchev–Trinajstić information content (AvgIpc) is 2.97. The van der Waals surface area contributed by atoms with Crippen molar-refractivity contribution in [3.05, 3.63) is 12.2 Å². The van der Waals surface area contributed by atoms with Crippen molar-refractivity contribution in [3.8, 4) is 0 Å². The molecule has 4 nitrogen and oxygen atoms in total. The molecule has 1 N–H and O–H groups in total. The summed E-state index contributed by atoms with van der Waals surface area (Å²) in [5, 5.41) is 8.52. The molecular weight excluding hydrogens is 520 g/mol. The number of unbranched alkanes of at least 4 members (excludes halogenated alkanes) is 27. The van der Waals surface area contributed by atoms with Crippen molar-refractivity contribution in [2.45, 2.75) is 213 Å². The van der Waals surface area contributed by atoms with Crippen molar-refractivity contribution < 1.29 is 19.4 Å². The second-order valence-corrected chi connectivity index (χ2v) is 12.6. The fourth-order valence-electron chi connectivity index (χ4n) is 5.23. The lowest BCUT2D eigenvalue weighted by Gasteiger charge is -2.04. The molecular formula is C38H74O4. The third-order valence-corrected chi connectivity index (χ3v) is 8.07. The predicted molar refractivity (Wildman–Crippen MR) is 183 cm³/mol. The topological polar surface area (TPSA) is 63.6 Å². The van der Waals surface area contributed by atoms with Gasteiger partial charge in [-0.05, 0) is 19.8 Å². The van der Waals surface area contributed by atoms with E-state index in [1.54, 1.807) is 6.92 Å². The summed E-state index contributed by atoms with van der Waals surface area (Å²) < 4.78 is 5.07. The van der Waals surface area contributed by atoms with Crippen molar-refractivity contribution in [2.75, 3.05) is 6.61 Å². The molecule has 0 radical (unpaired) electrons. The molecule has 0 aromatic rings. The van der Waals surface area contributed by atoms with Crippen LogP contribution in [0.25, 0.3) is 0 Å². The van der Waals surface area contributed by atoms with Crippen LogP contribution in [-0.4, -0.2) is 23.7 Å². The largest absolute Gasteiger partial charge is 0.481 e. The molecule has 0 aliphatic carbocycles. The summed E-state index contributed by atoms with van der Waals surface area (Å²) in [6, 6.07) is 0. The molecule has 0 unspecified atom stereocenters. The second-order valence-electron chi connectivity index (χ2n) is 12.6. The number of rotatable bonds is 32. The van der Waals surface area contributed by atoms with Gasteiger partial charge in [-0.15, -0.1) is 0 Å². The Morgan fingerprint density at radius 1 is 0.476 bits per heavy atom. The molecule has 0 spiro atoms. The maximum absolute atomic E-state index is 11.2. The van der Waals surface area contributed by atoms with Gasteiger partial charge < -0.3 is 9.84 Å². The van der Waals surface area contributed by atoms with Crippen molar-refractivity contribution in [2.24, 2.45) is 0 Å². The molecule has 0 fully saturated rings. The molecule has 0 bridgehead atoms. The summed E-state index contributed by atoms with van der Waals surface area (Å²) in [6.07, 6.45) is 39.0. The van der Waals surface area contributed by atoms with Gasteiger partial charge in [0.05, 0.1) is 6.61 Å². The number of hydrogen-bond acceptors (Lipinski definition) is 3. The van der Waals surface area contributed by atoms with E-state index in [0.717, 1.165) is 19.3 Å². The van der Waals surface area contributed by atoms with Crippen LogP contribution >= 0.6 is 0 Å². The Hall–Kier alpha value is -1.32. The zero-order valence-corrected chi connectivity index (χ0v) is 28.8. The van der Waals surface area contributed by atoms with E-state index in [1.165, 1.54) is 167 Å². The van der Waals surface area contributed by atoms with Gasteiger partial charge in [0, 0.05) is 12.0 Å². The first kappa shape index (κ1) is 42.8. The van der Waals surface area contributed by atoms with Crippen LogP contribution in [0.1, 0.15) is 213 Å². The van der Waals surface area contributed by atoms with Crippen molar-refractivity contribution in [1.82, 2.24) is 0 Å². The molecule has 0 heterocycles. The Morgan fingerprint density at radius 3 is 1.00 bits per heavy atom. The number of carboxylic acid groups (broad SMARTS) is 1. The molecule has 0 aliphatic heterocycles. The minimum atomic E-state index is -0.653. The summed E-state index contributed by atoms with van der Waals surface area (Å²) in [6.45, 7) is 10.3. The normalized spacial score (nSPS) is 10.7. The van der Waals surface area contributed by atoms with Crippen LogP contribution in [-0.2, 0) is 14.3 Å². The van der Waals surface area contributed by atoms with Gasteiger partial charge in [0.1, 0.15) is 0 Å². The van der Waals surface area contributed by atoms with Gasteiger partial charge >= 0.3 is 11.9 Å². The molecule has 250 valence electrons. The molecule has 0 aliphatic rings. The fourth-order valence-corrected chi connectivity index (χ4v) is 5.23. The summed E-state index contributed by atoms with van der Waals surface area (Å²) in [4.78, 5) is 21.5. The molecule has 0 aromatic heterocycles. The van der Waals surface area contributed by atoms with E-state index in [0.29, 0.717) is 18.6 Å². The van der Waals surface area contributed by atoms with Gasteiger partial charge in [-0.2, -0.15) is 0 Å². The van der Waals surface area contributed by atoms with E-state index in [1.807, 2.05) is 0 Å². The predicted octanol–water partition coefficient (Wildman–Crippen LogP) is 12.9. The summed E-state index contributed by atoms with van der Waals surface area (Å²) in [5.74, 6) is -0.908. The van der Waals surface area contributed by atoms with Crippen molar-refractivity contribution in [1.29, 1.82) is 0 Å². The third-order valence-electron chi connectivity index (χ3n) is 8.07. The minimum Gasteiger partial charge on any atom is -0.481 e. The van der Waals surface area contributed by atoms with Crippen LogP contribution in [0.15, 0.2) is 12.2 Å². The maximum atomic E-state index is 11.2. The Kier molecular flexibility index (Phi) is 38.4. The lowest BCUT2D eigenvalue weighted by Crippen LogP contribution is -2.05. The molecule has 0 atom stereocenters. The minimum absolute atomic E-state index is 0.255. The van der Waals surface area contributed by atoms with Crippen molar-refractivity contribution >= 4 is 11.9 Å². The van der Waals surface area contributed by atoms with Crippen LogP contribution < -0.4 is 0 Å². The van der Waals surface area contributed by atoms with Gasteiger partial charge in [0.2, 0.25) is 0 Å². The molecule has 4 heteroatoms. The Bertz CT molecular complexity index is 571. The zero-order chi connectivity index (χ0) is 31.4. The summed E-state index contributed by atoms with van der Waals surface area (Å²) >= 11 is 0. The first-order valence-electron chi connectivity index (χ1n) is 18.5. The van der Waals surface area contributed by atoms with Gasteiger partial charge in [0.15, 0.2) is 0 Å². The number of carbonyl (C=O) groups excluding carboxylic acids is 1. The molecule has 42 heavy (non-hydrogen) atoms. The third kappa shape index (κ3) is 40.8. The maximum Gasteiger partial charge on any atom is 0.333 e. The SMILES string of the molecule is C=C(C)C(=O)OCCCCCCCCCCCCCCCC.CCCCCCCCCCCCCCCCCC(=O)O. The number of ether oxygens (including phenoxy) is 1. The number of carboxylic acids is 1. The van der Waals surface area contributed by atoms with Crippen LogP contribution in [0.3, 0.4) is 0 Å². The average molecular weight is 595 g/mol. The first-order chi connectivity index (χ1) is 20.5. The van der Waals surface area contributed by atoms with E-state index in [2.05, 4.69) is 20.4 Å². The number of hydrogen-bond donors (Lipinski definition) is 1.